The van der Waals surface area contributed by atoms with Gasteiger partial charge in [0.1, 0.15) is 18.5 Å². The summed E-state index contributed by atoms with van der Waals surface area (Å²) in [4.78, 5) is 2.38. The fraction of sp³-hybridized carbons (Fsp3) is 0.600. The van der Waals surface area contributed by atoms with Crippen molar-refractivity contribution in [1.82, 2.24) is 4.90 Å². The van der Waals surface area contributed by atoms with Gasteiger partial charge in [-0.3, -0.25) is 4.90 Å². The minimum absolute atomic E-state index is 0.0593. The van der Waals surface area contributed by atoms with Crippen molar-refractivity contribution in [2.75, 3.05) is 19.7 Å². The summed E-state index contributed by atoms with van der Waals surface area (Å²) in [7, 11) is 0. The predicted octanol–water partition coefficient (Wildman–Crippen LogP) is 3.01. The molecule has 3 rings (SSSR count). The van der Waals surface area contributed by atoms with Crippen LogP contribution in [0.2, 0.25) is 5.02 Å². The summed E-state index contributed by atoms with van der Waals surface area (Å²) in [6.07, 6.45) is 4.52. The molecule has 0 saturated carbocycles. The molecule has 2 heterocycles. The number of halogens is 1. The molecule has 0 aliphatic carbocycles. The zero-order valence-electron chi connectivity index (χ0n) is 11.0. The fourth-order valence-corrected chi connectivity index (χ4v) is 3.35. The van der Waals surface area contributed by atoms with Crippen molar-refractivity contribution in [3.8, 4) is 5.75 Å². The number of ether oxygens (including phenoxy) is 1. The lowest BCUT2D eigenvalue weighted by molar-refractivity contribution is 0.00488. The van der Waals surface area contributed by atoms with E-state index in [4.69, 9.17) is 16.3 Å². The maximum atomic E-state index is 10.6. The zero-order chi connectivity index (χ0) is 13.2. The molecule has 104 valence electrons. The van der Waals surface area contributed by atoms with Crippen LogP contribution in [0.25, 0.3) is 0 Å². The number of para-hydroxylation sites is 1. The quantitative estimate of drug-likeness (QED) is 0.859. The van der Waals surface area contributed by atoms with E-state index in [-0.39, 0.29) is 6.04 Å². The Hall–Kier alpha value is -0.770. The van der Waals surface area contributed by atoms with E-state index < -0.39 is 6.10 Å². The molecular weight excluding hydrogens is 262 g/mol. The van der Waals surface area contributed by atoms with Crippen molar-refractivity contribution in [2.45, 2.75) is 37.8 Å². The number of aliphatic hydroxyl groups excluding tert-OH is 1. The molecule has 0 spiro atoms. The Morgan fingerprint density at radius 3 is 2.63 bits per heavy atom. The second kappa shape index (κ2) is 5.70. The molecule has 0 radical (unpaired) electrons. The molecule has 0 aromatic heterocycles. The van der Waals surface area contributed by atoms with E-state index in [0.29, 0.717) is 17.4 Å². The molecular formula is C15H20ClNO2. The van der Waals surface area contributed by atoms with Crippen molar-refractivity contribution in [3.05, 3.63) is 28.8 Å². The average molecular weight is 282 g/mol. The summed E-state index contributed by atoms with van der Waals surface area (Å²) < 4.78 is 5.80. The van der Waals surface area contributed by atoms with Gasteiger partial charge in [-0.2, -0.15) is 0 Å². The maximum Gasteiger partial charge on any atom is 0.143 e. The van der Waals surface area contributed by atoms with Gasteiger partial charge in [-0.25, -0.2) is 0 Å². The van der Waals surface area contributed by atoms with Gasteiger partial charge in [0.2, 0.25) is 0 Å². The molecule has 1 aromatic rings. The minimum atomic E-state index is -0.499. The highest BCUT2D eigenvalue weighted by Gasteiger charge is 2.34. The normalized spacial score (nSPS) is 28.3. The van der Waals surface area contributed by atoms with Crippen molar-refractivity contribution in [3.63, 3.8) is 0 Å². The van der Waals surface area contributed by atoms with E-state index in [9.17, 15) is 5.11 Å². The molecule has 2 atom stereocenters. The molecule has 0 amide bonds. The van der Waals surface area contributed by atoms with Gasteiger partial charge >= 0.3 is 0 Å². The number of fused-ring (bicyclic) bond motifs is 1. The van der Waals surface area contributed by atoms with E-state index in [1.54, 1.807) is 6.07 Å². The highest BCUT2D eigenvalue weighted by atomic mass is 35.5. The van der Waals surface area contributed by atoms with Gasteiger partial charge in [-0.1, -0.05) is 36.6 Å². The number of likely N-dealkylation sites (tertiary alicyclic amines) is 1. The Balaban J connectivity index is 1.82. The highest BCUT2D eigenvalue weighted by molar-refractivity contribution is 6.32. The van der Waals surface area contributed by atoms with E-state index in [1.165, 1.54) is 25.7 Å². The molecule has 1 aromatic carbocycles. The Labute approximate surface area is 119 Å². The van der Waals surface area contributed by atoms with Crippen LogP contribution in [0.1, 0.15) is 37.4 Å². The Morgan fingerprint density at radius 1 is 1.16 bits per heavy atom. The summed E-state index contributed by atoms with van der Waals surface area (Å²) in [5.74, 6) is 0.655. The van der Waals surface area contributed by atoms with Crippen LogP contribution in [0, 0.1) is 0 Å². The molecule has 1 fully saturated rings. The lowest BCUT2D eigenvalue weighted by Crippen LogP contribution is -2.46. The van der Waals surface area contributed by atoms with Crippen LogP contribution < -0.4 is 4.74 Å². The first-order chi connectivity index (χ1) is 9.27. The first-order valence-electron chi connectivity index (χ1n) is 7.10. The third-order valence-electron chi connectivity index (χ3n) is 4.19. The molecule has 2 aliphatic heterocycles. The lowest BCUT2D eigenvalue weighted by Gasteiger charge is -2.38. The largest absolute Gasteiger partial charge is 0.490 e. The van der Waals surface area contributed by atoms with E-state index >= 15 is 0 Å². The number of hydrogen-bond donors (Lipinski definition) is 1. The third-order valence-corrected chi connectivity index (χ3v) is 4.49. The standard InChI is InChI=1S/C15H20ClNO2/c16-12-7-5-6-11-14(18)13(10-19-15(11)12)17-8-3-1-2-4-9-17/h5-7,13-14,18H,1-4,8-10H2. The molecule has 19 heavy (non-hydrogen) atoms. The number of benzene rings is 1. The Morgan fingerprint density at radius 2 is 1.89 bits per heavy atom. The zero-order valence-corrected chi connectivity index (χ0v) is 11.8. The minimum Gasteiger partial charge on any atom is -0.490 e. The highest BCUT2D eigenvalue weighted by Crippen LogP contribution is 2.39. The van der Waals surface area contributed by atoms with E-state index in [2.05, 4.69) is 4.90 Å². The van der Waals surface area contributed by atoms with E-state index in [0.717, 1.165) is 18.7 Å². The van der Waals surface area contributed by atoms with Gasteiger partial charge in [0.25, 0.3) is 0 Å². The van der Waals surface area contributed by atoms with Gasteiger partial charge in [-0.15, -0.1) is 0 Å². The van der Waals surface area contributed by atoms with Gasteiger partial charge in [-0.05, 0) is 32.0 Å². The predicted molar refractivity (Wildman–Crippen MR) is 75.7 cm³/mol. The van der Waals surface area contributed by atoms with Crippen LogP contribution in [-0.4, -0.2) is 35.7 Å². The summed E-state index contributed by atoms with van der Waals surface area (Å²) in [5, 5.41) is 11.2. The molecule has 1 saturated heterocycles. The molecule has 4 heteroatoms. The number of hydrogen-bond acceptors (Lipinski definition) is 3. The van der Waals surface area contributed by atoms with Crippen molar-refractivity contribution in [1.29, 1.82) is 0 Å². The fourth-order valence-electron chi connectivity index (χ4n) is 3.11. The molecule has 1 N–H and O–H groups in total. The van der Waals surface area contributed by atoms with Crippen molar-refractivity contribution >= 4 is 11.6 Å². The lowest BCUT2D eigenvalue weighted by atomic mass is 9.97. The van der Waals surface area contributed by atoms with Crippen molar-refractivity contribution in [2.24, 2.45) is 0 Å². The van der Waals surface area contributed by atoms with Crippen LogP contribution in [0.15, 0.2) is 18.2 Å². The molecule has 0 bridgehead atoms. The van der Waals surface area contributed by atoms with Gasteiger partial charge < -0.3 is 9.84 Å². The number of aliphatic hydroxyl groups is 1. The van der Waals surface area contributed by atoms with Gasteiger partial charge in [0.15, 0.2) is 0 Å². The smallest absolute Gasteiger partial charge is 0.143 e. The van der Waals surface area contributed by atoms with Crippen molar-refractivity contribution < 1.29 is 9.84 Å². The number of nitrogens with zero attached hydrogens (tertiary/aromatic N) is 1. The molecule has 3 nitrogen and oxygen atoms in total. The van der Waals surface area contributed by atoms with Crippen LogP contribution in [-0.2, 0) is 0 Å². The second-order valence-electron chi connectivity index (χ2n) is 5.43. The Kier molecular flexibility index (Phi) is 3.96. The van der Waals surface area contributed by atoms with Crippen LogP contribution in [0.3, 0.4) is 0 Å². The van der Waals surface area contributed by atoms with Gasteiger partial charge in [0.05, 0.1) is 11.1 Å². The summed E-state index contributed by atoms with van der Waals surface area (Å²) in [6.45, 7) is 2.64. The van der Waals surface area contributed by atoms with E-state index in [1.807, 2.05) is 12.1 Å². The average Bonchev–Trinajstić information content (AvgIpc) is 2.69. The molecule has 2 unspecified atom stereocenters. The SMILES string of the molecule is OC1c2cccc(Cl)c2OCC1N1CCCCCC1. The van der Waals surface area contributed by atoms with Crippen LogP contribution in [0.5, 0.6) is 5.75 Å². The molecule has 2 aliphatic rings. The van der Waals surface area contributed by atoms with Crippen LogP contribution >= 0.6 is 11.6 Å². The van der Waals surface area contributed by atoms with Gasteiger partial charge in [0, 0.05) is 5.56 Å². The summed E-state index contributed by atoms with van der Waals surface area (Å²) in [6, 6.07) is 5.65. The van der Waals surface area contributed by atoms with Crippen LogP contribution in [0.4, 0.5) is 0 Å². The Bertz CT molecular complexity index is 444. The summed E-state index contributed by atoms with van der Waals surface area (Å²) >= 11 is 6.12. The maximum absolute atomic E-state index is 10.6. The first kappa shape index (κ1) is 13.2. The second-order valence-corrected chi connectivity index (χ2v) is 5.84. The third kappa shape index (κ3) is 2.60. The first-order valence-corrected chi connectivity index (χ1v) is 7.48. The monoisotopic (exact) mass is 281 g/mol. The number of rotatable bonds is 1. The summed E-state index contributed by atoms with van der Waals surface area (Å²) in [5.41, 5.74) is 0.827. The topological polar surface area (TPSA) is 32.7 Å².